The fourth-order valence-electron chi connectivity index (χ4n) is 4.59. The number of carbonyl (C=O) groups excluding carboxylic acids is 3. The number of amides is 1. The maximum Gasteiger partial charge on any atom is 0.336 e. The number of nitrogens with one attached hydrogen (secondary N) is 1. The third kappa shape index (κ3) is 5.36. The molecule has 188 valence electrons. The summed E-state index contributed by atoms with van der Waals surface area (Å²) in [5.74, 6) is -2.50. The Morgan fingerprint density at radius 3 is 2.40 bits per heavy atom. The minimum absolute atomic E-state index is 0.167. The average molecular weight is 486 g/mol. The van der Waals surface area contributed by atoms with Crippen molar-refractivity contribution in [2.75, 3.05) is 13.7 Å². The summed E-state index contributed by atoms with van der Waals surface area (Å²) in [6, 6.07) is 5.07. The number of non-ortho nitro benzene ring substituents is 1. The summed E-state index contributed by atoms with van der Waals surface area (Å²) in [6.45, 7) is 9.01. The van der Waals surface area contributed by atoms with Gasteiger partial charge in [0.15, 0.2) is 0 Å². The molecular formula is C25H31N3O7. The van der Waals surface area contributed by atoms with Crippen LogP contribution in [0.1, 0.15) is 58.9 Å². The summed E-state index contributed by atoms with van der Waals surface area (Å²) in [5.41, 5.74) is 0.900. The SMILES string of the molecule is COC(=O)C1=C(C)NC(C)=C(C(=O)N2CCC[C@H]2C(=O)OC(C)(C)C)[C@@H]1c1cccc([N+](=O)[O-])c1. The van der Waals surface area contributed by atoms with Gasteiger partial charge >= 0.3 is 11.9 Å². The molecule has 2 atom stereocenters. The van der Waals surface area contributed by atoms with Crippen molar-refractivity contribution in [3.05, 3.63) is 62.5 Å². The molecule has 0 radical (unpaired) electrons. The Balaban J connectivity index is 2.10. The maximum absolute atomic E-state index is 14.0. The number of likely N-dealkylation sites (tertiary alicyclic amines) is 1. The smallest absolute Gasteiger partial charge is 0.336 e. The van der Waals surface area contributed by atoms with Crippen LogP contribution >= 0.6 is 0 Å². The molecule has 0 saturated carbocycles. The molecule has 0 spiro atoms. The first kappa shape index (κ1) is 25.9. The fraction of sp³-hybridized carbons (Fsp3) is 0.480. The number of hydrogen-bond donors (Lipinski definition) is 1. The van der Waals surface area contributed by atoms with E-state index in [1.807, 2.05) is 0 Å². The fourth-order valence-corrected chi connectivity index (χ4v) is 4.59. The van der Waals surface area contributed by atoms with Crippen LogP contribution in [0.3, 0.4) is 0 Å². The Morgan fingerprint density at radius 2 is 1.80 bits per heavy atom. The zero-order valence-electron chi connectivity index (χ0n) is 20.8. The number of esters is 2. The molecule has 1 N–H and O–H groups in total. The van der Waals surface area contributed by atoms with E-state index in [4.69, 9.17) is 9.47 Å². The third-order valence-electron chi connectivity index (χ3n) is 6.00. The van der Waals surface area contributed by atoms with Crippen LogP contribution in [0.2, 0.25) is 0 Å². The average Bonchev–Trinajstić information content (AvgIpc) is 3.27. The molecule has 1 saturated heterocycles. The highest BCUT2D eigenvalue weighted by Crippen LogP contribution is 2.41. The molecule has 10 heteroatoms. The van der Waals surface area contributed by atoms with E-state index < -0.39 is 40.3 Å². The molecule has 2 heterocycles. The van der Waals surface area contributed by atoms with Crippen molar-refractivity contribution in [1.82, 2.24) is 10.2 Å². The van der Waals surface area contributed by atoms with E-state index in [-0.39, 0.29) is 16.8 Å². The molecule has 2 aliphatic heterocycles. The molecule has 10 nitrogen and oxygen atoms in total. The molecule has 0 aromatic heterocycles. The van der Waals surface area contributed by atoms with Gasteiger partial charge in [-0.3, -0.25) is 14.9 Å². The van der Waals surface area contributed by atoms with Gasteiger partial charge in [0.25, 0.3) is 11.6 Å². The van der Waals surface area contributed by atoms with Gasteiger partial charge in [-0.2, -0.15) is 0 Å². The lowest BCUT2D eigenvalue weighted by Gasteiger charge is -2.34. The number of dihydropyridines is 1. The molecule has 3 rings (SSSR count). The van der Waals surface area contributed by atoms with Gasteiger partial charge in [0.2, 0.25) is 0 Å². The second-order valence-corrected chi connectivity index (χ2v) is 9.67. The van der Waals surface area contributed by atoms with Gasteiger partial charge in [-0.25, -0.2) is 9.59 Å². The normalized spacial score (nSPS) is 20.5. The zero-order chi connectivity index (χ0) is 26.1. The van der Waals surface area contributed by atoms with Gasteiger partial charge < -0.3 is 19.7 Å². The van der Waals surface area contributed by atoms with E-state index >= 15 is 0 Å². The van der Waals surface area contributed by atoms with E-state index in [2.05, 4.69) is 5.32 Å². The van der Waals surface area contributed by atoms with Crippen LogP contribution in [0.4, 0.5) is 5.69 Å². The van der Waals surface area contributed by atoms with E-state index in [1.165, 1.54) is 30.2 Å². The molecule has 2 aliphatic rings. The molecule has 35 heavy (non-hydrogen) atoms. The number of rotatable bonds is 5. The van der Waals surface area contributed by atoms with Gasteiger partial charge in [0.05, 0.1) is 23.5 Å². The summed E-state index contributed by atoms with van der Waals surface area (Å²) in [6.07, 6.45) is 1.08. The van der Waals surface area contributed by atoms with Crippen LogP contribution in [0, 0.1) is 10.1 Å². The van der Waals surface area contributed by atoms with Crippen molar-refractivity contribution in [2.45, 2.75) is 65.0 Å². The van der Waals surface area contributed by atoms with Crippen molar-refractivity contribution >= 4 is 23.5 Å². The van der Waals surface area contributed by atoms with Crippen molar-refractivity contribution in [1.29, 1.82) is 0 Å². The molecule has 1 fully saturated rings. The van der Waals surface area contributed by atoms with Crippen molar-refractivity contribution < 1.29 is 28.8 Å². The van der Waals surface area contributed by atoms with Crippen molar-refractivity contribution in [2.24, 2.45) is 0 Å². The van der Waals surface area contributed by atoms with Crippen molar-refractivity contribution in [3.8, 4) is 0 Å². The maximum atomic E-state index is 14.0. The minimum Gasteiger partial charge on any atom is -0.466 e. The van der Waals surface area contributed by atoms with Gasteiger partial charge in [-0.05, 0) is 53.0 Å². The van der Waals surface area contributed by atoms with Crippen LogP contribution in [0.25, 0.3) is 0 Å². The highest BCUT2D eigenvalue weighted by molar-refractivity contribution is 6.03. The predicted octanol–water partition coefficient (Wildman–Crippen LogP) is 3.34. The van der Waals surface area contributed by atoms with Crippen LogP contribution in [-0.4, -0.2) is 53.0 Å². The molecule has 0 unspecified atom stereocenters. The largest absolute Gasteiger partial charge is 0.466 e. The number of allylic oxidation sites excluding steroid dienone is 2. The first-order valence-corrected chi connectivity index (χ1v) is 11.4. The molecule has 0 bridgehead atoms. The number of methoxy groups -OCH3 is 1. The molecular weight excluding hydrogens is 454 g/mol. The highest BCUT2D eigenvalue weighted by atomic mass is 16.6. The van der Waals surface area contributed by atoms with Crippen LogP contribution < -0.4 is 5.32 Å². The standard InChI is InChI=1S/C25H31N3O7/c1-14-19(22(29)27-12-8-11-18(27)23(30)35-25(3,4)5)21(20(15(2)26-14)24(31)34-6)16-9-7-10-17(13-16)28(32)33/h7,9-10,13,18,21,26H,8,11-12H2,1-6H3/t18-,21-/m0/s1. The predicted molar refractivity (Wildman–Crippen MR) is 127 cm³/mol. The number of nitrogens with zero attached hydrogens (tertiary/aromatic N) is 2. The Hall–Kier alpha value is -3.69. The number of carbonyl (C=O) groups is 3. The Labute approximate surface area is 204 Å². The first-order valence-electron chi connectivity index (χ1n) is 11.4. The monoisotopic (exact) mass is 485 g/mol. The summed E-state index contributed by atoms with van der Waals surface area (Å²) in [4.78, 5) is 52.1. The summed E-state index contributed by atoms with van der Waals surface area (Å²) in [7, 11) is 1.23. The Bertz CT molecular complexity index is 1130. The highest BCUT2D eigenvalue weighted by Gasteiger charge is 2.43. The van der Waals surface area contributed by atoms with Gasteiger partial charge in [-0.15, -0.1) is 0 Å². The number of ether oxygens (including phenoxy) is 2. The summed E-state index contributed by atoms with van der Waals surface area (Å²) in [5, 5.41) is 14.5. The van der Waals surface area contributed by atoms with Gasteiger partial charge in [0.1, 0.15) is 11.6 Å². The Morgan fingerprint density at radius 1 is 1.14 bits per heavy atom. The second kappa shape index (κ2) is 9.89. The minimum atomic E-state index is -0.920. The van der Waals surface area contributed by atoms with Crippen molar-refractivity contribution in [3.63, 3.8) is 0 Å². The third-order valence-corrected chi connectivity index (χ3v) is 6.00. The number of nitro groups is 1. The molecule has 1 amide bonds. The first-order chi connectivity index (χ1) is 16.4. The topological polar surface area (TPSA) is 128 Å². The van der Waals surface area contributed by atoms with E-state index in [9.17, 15) is 24.5 Å². The lowest BCUT2D eigenvalue weighted by molar-refractivity contribution is -0.384. The summed E-state index contributed by atoms with van der Waals surface area (Å²) >= 11 is 0. The number of benzene rings is 1. The van der Waals surface area contributed by atoms with Crippen LogP contribution in [-0.2, 0) is 23.9 Å². The zero-order valence-corrected chi connectivity index (χ0v) is 20.8. The van der Waals surface area contributed by atoms with Crippen LogP contribution in [0.5, 0.6) is 0 Å². The lowest BCUT2D eigenvalue weighted by Crippen LogP contribution is -2.46. The van der Waals surface area contributed by atoms with Gasteiger partial charge in [-0.1, -0.05) is 12.1 Å². The van der Waals surface area contributed by atoms with E-state index in [0.29, 0.717) is 36.3 Å². The number of nitro benzene ring substituents is 1. The summed E-state index contributed by atoms with van der Waals surface area (Å²) < 4.78 is 10.5. The second-order valence-electron chi connectivity index (χ2n) is 9.67. The Kier molecular flexibility index (Phi) is 7.33. The van der Waals surface area contributed by atoms with Crippen LogP contribution in [0.15, 0.2) is 46.8 Å². The molecule has 1 aromatic carbocycles. The van der Waals surface area contributed by atoms with Gasteiger partial charge in [0, 0.05) is 35.6 Å². The molecule has 0 aliphatic carbocycles. The van der Waals surface area contributed by atoms with E-state index in [0.717, 1.165) is 0 Å². The van der Waals surface area contributed by atoms with E-state index in [1.54, 1.807) is 40.7 Å². The number of hydrogen-bond acceptors (Lipinski definition) is 8. The molecule has 1 aromatic rings. The lowest BCUT2D eigenvalue weighted by atomic mass is 9.79. The quantitative estimate of drug-likeness (QED) is 0.382.